The first-order chi connectivity index (χ1) is 13.1. The number of aryl methyl sites for hydroxylation is 2. The van der Waals surface area contributed by atoms with Gasteiger partial charge in [0, 0.05) is 36.0 Å². The molecule has 28 heavy (non-hydrogen) atoms. The van der Waals surface area contributed by atoms with Crippen molar-refractivity contribution in [3.63, 3.8) is 0 Å². The molecule has 0 spiro atoms. The Labute approximate surface area is 164 Å². The summed E-state index contributed by atoms with van der Waals surface area (Å²) in [6, 6.07) is 8.74. The number of nitro benzene ring substituents is 1. The molecule has 9 heteroatoms. The summed E-state index contributed by atoms with van der Waals surface area (Å²) in [6.07, 6.45) is 0. The highest BCUT2D eigenvalue weighted by molar-refractivity contribution is 7.89. The van der Waals surface area contributed by atoms with Gasteiger partial charge in [0.05, 0.1) is 9.82 Å². The third kappa shape index (κ3) is 4.37. The van der Waals surface area contributed by atoms with Crippen LogP contribution in [0.25, 0.3) is 0 Å². The molecule has 0 heterocycles. The molecule has 1 N–H and O–H groups in total. The van der Waals surface area contributed by atoms with Crippen LogP contribution >= 0.6 is 0 Å². The Kier molecular flexibility index (Phi) is 6.52. The summed E-state index contributed by atoms with van der Waals surface area (Å²) in [4.78, 5) is 23.0. The summed E-state index contributed by atoms with van der Waals surface area (Å²) >= 11 is 0. The second-order valence-electron chi connectivity index (χ2n) is 6.28. The van der Waals surface area contributed by atoms with Gasteiger partial charge in [-0.3, -0.25) is 14.9 Å². The van der Waals surface area contributed by atoms with E-state index in [4.69, 9.17) is 0 Å². The van der Waals surface area contributed by atoms with Crippen LogP contribution in [-0.4, -0.2) is 36.6 Å². The molecule has 0 unspecified atom stereocenters. The van der Waals surface area contributed by atoms with Gasteiger partial charge in [-0.2, -0.15) is 4.31 Å². The molecule has 2 aromatic carbocycles. The van der Waals surface area contributed by atoms with Crippen LogP contribution in [0.15, 0.2) is 41.3 Å². The summed E-state index contributed by atoms with van der Waals surface area (Å²) < 4.78 is 27.0. The number of amides is 1. The van der Waals surface area contributed by atoms with Crippen molar-refractivity contribution in [2.45, 2.75) is 32.6 Å². The van der Waals surface area contributed by atoms with Gasteiger partial charge in [-0.15, -0.1) is 0 Å². The van der Waals surface area contributed by atoms with E-state index in [1.807, 2.05) is 0 Å². The number of anilines is 1. The van der Waals surface area contributed by atoms with Crippen LogP contribution in [0.4, 0.5) is 11.4 Å². The molecule has 0 aliphatic rings. The van der Waals surface area contributed by atoms with Gasteiger partial charge in [0.2, 0.25) is 10.0 Å². The monoisotopic (exact) mass is 405 g/mol. The summed E-state index contributed by atoms with van der Waals surface area (Å²) in [5.74, 6) is -0.479. The maximum atomic E-state index is 12.8. The fraction of sp³-hybridized carbons (Fsp3) is 0.316. The molecule has 0 atom stereocenters. The van der Waals surface area contributed by atoms with E-state index in [2.05, 4.69) is 5.32 Å². The van der Waals surface area contributed by atoms with E-state index in [-0.39, 0.29) is 16.1 Å². The molecule has 0 aliphatic heterocycles. The average molecular weight is 405 g/mol. The number of nitrogens with one attached hydrogen (secondary N) is 1. The molecule has 0 aromatic heterocycles. The van der Waals surface area contributed by atoms with E-state index in [1.54, 1.807) is 39.8 Å². The zero-order chi connectivity index (χ0) is 21.1. The maximum absolute atomic E-state index is 12.8. The van der Waals surface area contributed by atoms with Crippen LogP contribution in [0.3, 0.4) is 0 Å². The number of nitro groups is 1. The lowest BCUT2D eigenvalue weighted by Gasteiger charge is -2.20. The predicted octanol–water partition coefficient (Wildman–Crippen LogP) is 3.49. The number of rotatable bonds is 7. The van der Waals surface area contributed by atoms with E-state index >= 15 is 0 Å². The number of nitrogens with zero attached hydrogens (tertiary/aromatic N) is 2. The number of carbonyl (C=O) groups is 1. The standard InChI is InChI=1S/C19H23N3O5S/c1-5-21(6-2)28(26,27)18-12-16(9-7-13(18)3)20-19(23)15-8-10-17(22(24)25)14(4)11-15/h7-12H,5-6H2,1-4H3,(H,20,23). The van der Waals surface area contributed by atoms with E-state index in [1.165, 1.54) is 28.6 Å². The highest BCUT2D eigenvalue weighted by atomic mass is 32.2. The van der Waals surface area contributed by atoms with Crippen molar-refractivity contribution in [2.75, 3.05) is 18.4 Å². The number of sulfonamides is 1. The van der Waals surface area contributed by atoms with Crippen molar-refractivity contribution in [1.82, 2.24) is 4.31 Å². The third-order valence-corrected chi connectivity index (χ3v) is 6.62. The number of hydrogen-bond donors (Lipinski definition) is 1. The van der Waals surface area contributed by atoms with Crippen LogP contribution in [0.2, 0.25) is 0 Å². The maximum Gasteiger partial charge on any atom is 0.272 e. The highest BCUT2D eigenvalue weighted by Gasteiger charge is 2.24. The molecular formula is C19H23N3O5S. The Morgan fingerprint density at radius 1 is 1.07 bits per heavy atom. The van der Waals surface area contributed by atoms with Gasteiger partial charge in [-0.05, 0) is 43.7 Å². The van der Waals surface area contributed by atoms with E-state index < -0.39 is 20.9 Å². The third-order valence-electron chi connectivity index (χ3n) is 4.42. The minimum atomic E-state index is -3.67. The minimum absolute atomic E-state index is 0.0699. The van der Waals surface area contributed by atoms with Gasteiger partial charge in [0.1, 0.15) is 0 Å². The summed E-state index contributed by atoms with van der Waals surface area (Å²) in [5.41, 5.74) is 1.45. The summed E-state index contributed by atoms with van der Waals surface area (Å²) in [7, 11) is -3.67. The van der Waals surface area contributed by atoms with Gasteiger partial charge in [0.15, 0.2) is 0 Å². The molecular weight excluding hydrogens is 382 g/mol. The van der Waals surface area contributed by atoms with Crippen molar-refractivity contribution in [3.05, 3.63) is 63.2 Å². The lowest BCUT2D eigenvalue weighted by atomic mass is 10.1. The molecule has 0 fully saturated rings. The SMILES string of the molecule is CCN(CC)S(=O)(=O)c1cc(NC(=O)c2ccc([N+](=O)[O-])c(C)c2)ccc1C. The molecule has 0 radical (unpaired) electrons. The summed E-state index contributed by atoms with van der Waals surface area (Å²) in [5, 5.41) is 13.6. The van der Waals surface area contributed by atoms with Crippen LogP contribution < -0.4 is 5.32 Å². The van der Waals surface area contributed by atoms with Crippen LogP contribution in [0, 0.1) is 24.0 Å². The van der Waals surface area contributed by atoms with Gasteiger partial charge in [-0.1, -0.05) is 19.9 Å². The molecule has 150 valence electrons. The topological polar surface area (TPSA) is 110 Å². The number of hydrogen-bond acceptors (Lipinski definition) is 5. The largest absolute Gasteiger partial charge is 0.322 e. The normalized spacial score (nSPS) is 11.5. The molecule has 0 saturated heterocycles. The lowest BCUT2D eigenvalue weighted by Crippen LogP contribution is -2.31. The van der Waals surface area contributed by atoms with Crippen LogP contribution in [0.5, 0.6) is 0 Å². The van der Waals surface area contributed by atoms with Crippen LogP contribution in [-0.2, 0) is 10.0 Å². The van der Waals surface area contributed by atoms with Gasteiger partial charge >= 0.3 is 0 Å². The quantitative estimate of drug-likeness (QED) is 0.560. The second kappa shape index (κ2) is 8.49. The zero-order valence-electron chi connectivity index (χ0n) is 16.2. The van der Waals surface area contributed by atoms with Crippen molar-refractivity contribution in [1.29, 1.82) is 0 Å². The Bertz CT molecular complexity index is 1010. The van der Waals surface area contributed by atoms with Gasteiger partial charge < -0.3 is 5.32 Å². The predicted molar refractivity (Wildman–Crippen MR) is 107 cm³/mol. The fourth-order valence-electron chi connectivity index (χ4n) is 2.86. The Hall–Kier alpha value is -2.78. The van der Waals surface area contributed by atoms with E-state index in [9.17, 15) is 23.3 Å². The Morgan fingerprint density at radius 3 is 2.25 bits per heavy atom. The first-order valence-corrected chi connectivity index (χ1v) is 10.2. The molecule has 2 aromatic rings. The van der Waals surface area contributed by atoms with Gasteiger partial charge in [0.25, 0.3) is 11.6 Å². The highest BCUT2D eigenvalue weighted by Crippen LogP contribution is 2.25. The molecule has 0 saturated carbocycles. The van der Waals surface area contributed by atoms with E-state index in [0.29, 0.717) is 29.9 Å². The second-order valence-corrected chi connectivity index (χ2v) is 8.19. The molecule has 0 bridgehead atoms. The Morgan fingerprint density at radius 2 is 1.71 bits per heavy atom. The lowest BCUT2D eigenvalue weighted by molar-refractivity contribution is -0.385. The zero-order valence-corrected chi connectivity index (χ0v) is 17.0. The fourth-order valence-corrected chi connectivity index (χ4v) is 4.57. The van der Waals surface area contributed by atoms with Crippen molar-refractivity contribution < 1.29 is 18.1 Å². The van der Waals surface area contributed by atoms with E-state index in [0.717, 1.165) is 0 Å². The average Bonchev–Trinajstić information content (AvgIpc) is 2.63. The smallest absolute Gasteiger partial charge is 0.272 e. The molecule has 1 amide bonds. The molecule has 2 rings (SSSR count). The molecule has 0 aliphatic carbocycles. The minimum Gasteiger partial charge on any atom is -0.322 e. The number of benzene rings is 2. The first kappa shape index (κ1) is 21.5. The van der Waals surface area contributed by atoms with Crippen LogP contribution in [0.1, 0.15) is 35.3 Å². The van der Waals surface area contributed by atoms with Crippen molar-refractivity contribution >= 4 is 27.3 Å². The van der Waals surface area contributed by atoms with Crippen molar-refractivity contribution in [3.8, 4) is 0 Å². The molecule has 8 nitrogen and oxygen atoms in total. The Balaban J connectivity index is 2.34. The number of carbonyl (C=O) groups excluding carboxylic acids is 1. The first-order valence-electron chi connectivity index (χ1n) is 8.79. The van der Waals surface area contributed by atoms with Crippen molar-refractivity contribution in [2.24, 2.45) is 0 Å². The van der Waals surface area contributed by atoms with Gasteiger partial charge in [-0.25, -0.2) is 8.42 Å². The summed E-state index contributed by atoms with van der Waals surface area (Å²) in [6.45, 7) is 7.46.